The Morgan fingerprint density at radius 3 is 2.23 bits per heavy atom. The largest absolute Gasteiger partial charge is 0.352 e. The lowest BCUT2D eigenvalue weighted by Crippen LogP contribution is -2.51. The van der Waals surface area contributed by atoms with Crippen LogP contribution >= 0.6 is 11.6 Å². The van der Waals surface area contributed by atoms with Crippen LogP contribution in [-0.4, -0.2) is 29.6 Å². The van der Waals surface area contributed by atoms with Crippen molar-refractivity contribution in [3.8, 4) is 0 Å². The molecule has 1 N–H and O–H groups in total. The van der Waals surface area contributed by atoms with Crippen molar-refractivity contribution in [2.75, 3.05) is 10.2 Å². The maximum atomic E-state index is 14.7. The molecule has 4 atom stereocenters. The number of hydrogen-bond donors (Lipinski definition) is 1. The summed E-state index contributed by atoms with van der Waals surface area (Å²) in [6.45, 7) is 2.02. The van der Waals surface area contributed by atoms with Crippen LogP contribution in [0, 0.1) is 5.92 Å². The molecule has 1 fully saturated rings. The average molecular weight is 545 g/mol. The van der Waals surface area contributed by atoms with Crippen LogP contribution in [0.15, 0.2) is 109 Å². The lowest BCUT2D eigenvalue weighted by atomic mass is 9.64. The van der Waals surface area contributed by atoms with E-state index in [1.165, 1.54) is 0 Å². The highest BCUT2D eigenvalue weighted by molar-refractivity contribution is 6.30. The third-order valence-electron chi connectivity index (χ3n) is 8.62. The van der Waals surface area contributed by atoms with Gasteiger partial charge in [-0.2, -0.15) is 0 Å². The van der Waals surface area contributed by atoms with Gasteiger partial charge in [-0.05, 0) is 54.5 Å². The van der Waals surface area contributed by atoms with Crippen LogP contribution in [0.5, 0.6) is 0 Å². The minimum Gasteiger partial charge on any atom is -0.352 e. The highest BCUT2D eigenvalue weighted by Gasteiger charge is 2.70. The summed E-state index contributed by atoms with van der Waals surface area (Å²) in [6, 6.07) is 29.6. The molecule has 196 valence electrons. The van der Waals surface area contributed by atoms with Crippen molar-refractivity contribution in [2.45, 2.75) is 24.4 Å². The van der Waals surface area contributed by atoms with E-state index in [0.29, 0.717) is 21.8 Å². The Kier molecular flexibility index (Phi) is 5.55. The van der Waals surface area contributed by atoms with Crippen LogP contribution in [0.3, 0.4) is 0 Å². The first-order valence-electron chi connectivity index (χ1n) is 13.3. The molecule has 1 amide bonds. The smallest absolute Gasteiger partial charge is 0.238 e. The minimum absolute atomic E-state index is 0.229. The second-order valence-electron chi connectivity index (χ2n) is 10.6. The first kappa shape index (κ1) is 24.6. The Labute approximate surface area is 237 Å². The molecule has 0 saturated carbocycles. The zero-order chi connectivity index (χ0) is 27.6. The fourth-order valence-corrected chi connectivity index (χ4v) is 7.08. The van der Waals surface area contributed by atoms with Gasteiger partial charge in [-0.25, -0.2) is 0 Å². The lowest BCUT2D eigenvalue weighted by molar-refractivity contribution is -0.121. The Morgan fingerprint density at radius 1 is 0.800 bits per heavy atom. The molecule has 4 aromatic carbocycles. The maximum absolute atomic E-state index is 14.7. The number of nitrogens with zero attached hydrogens (tertiary/aromatic N) is 1. The number of nitrogens with one attached hydrogen (secondary N) is 1. The summed E-state index contributed by atoms with van der Waals surface area (Å²) in [6.07, 6.45) is 2.06. The second-order valence-corrected chi connectivity index (χ2v) is 11.0. The van der Waals surface area contributed by atoms with Crippen molar-refractivity contribution in [2.24, 2.45) is 5.92 Å². The number of amides is 1. The molecule has 3 heterocycles. The fraction of sp³-hybridized carbons (Fsp3) is 0.147. The monoisotopic (exact) mass is 544 g/mol. The Morgan fingerprint density at radius 2 is 1.45 bits per heavy atom. The van der Waals surface area contributed by atoms with Gasteiger partial charge in [0.25, 0.3) is 0 Å². The van der Waals surface area contributed by atoms with E-state index in [4.69, 9.17) is 11.6 Å². The quantitative estimate of drug-likeness (QED) is 0.294. The van der Waals surface area contributed by atoms with Gasteiger partial charge in [0.05, 0.1) is 12.0 Å². The third kappa shape index (κ3) is 3.31. The van der Waals surface area contributed by atoms with Crippen LogP contribution in [0.4, 0.5) is 11.4 Å². The minimum atomic E-state index is -1.33. The zero-order valence-corrected chi connectivity index (χ0v) is 22.4. The van der Waals surface area contributed by atoms with E-state index in [1.54, 1.807) is 48.5 Å². The van der Waals surface area contributed by atoms with Gasteiger partial charge in [0, 0.05) is 33.1 Å². The third-order valence-corrected chi connectivity index (χ3v) is 8.87. The number of fused-ring (bicyclic) bond motifs is 6. The molecule has 5 nitrogen and oxygen atoms in total. The molecule has 1 spiro atoms. The molecule has 0 aromatic heterocycles. The molecule has 1 saturated heterocycles. The zero-order valence-electron chi connectivity index (χ0n) is 21.7. The van der Waals surface area contributed by atoms with Gasteiger partial charge in [0.15, 0.2) is 11.6 Å². The number of rotatable bonds is 4. The summed E-state index contributed by atoms with van der Waals surface area (Å²) in [7, 11) is 0. The number of Topliss-reactive ketones (excluding diaryl/α,β-unsaturated/α-hetero) is 2. The highest BCUT2D eigenvalue weighted by atomic mass is 35.5. The predicted octanol–water partition coefficient (Wildman–Crippen LogP) is 6.59. The Bertz CT molecular complexity index is 1730. The SMILES string of the molecule is CC1=C[C@H]2N(c3ccccc31)[C@@H](C(=O)c1ccc(Cl)cc1)[C@@H](C(=O)c1ccccc1)[C@@]21C(=O)Nc2ccccc21. The number of ketones is 2. The molecule has 4 aromatic rings. The topological polar surface area (TPSA) is 66.5 Å². The standard InChI is InChI=1S/C34H25ClN2O3/c1-20-19-28-34(25-12-6-7-13-26(25)36-33(34)40)29(31(38)21-9-3-2-4-10-21)30(32(39)22-15-17-23(35)18-16-22)37(28)27-14-8-5-11-24(20)27/h2-19,28-30H,1H3,(H,36,40)/t28-,29+,30-,34+/m1/s1. The first-order chi connectivity index (χ1) is 19.4. The summed E-state index contributed by atoms with van der Waals surface area (Å²) in [5.41, 5.74) is 3.78. The van der Waals surface area contributed by atoms with Gasteiger partial charge >= 0.3 is 0 Å². The number of anilines is 2. The van der Waals surface area contributed by atoms with E-state index in [1.807, 2.05) is 66.4 Å². The van der Waals surface area contributed by atoms with Gasteiger partial charge in [-0.3, -0.25) is 14.4 Å². The van der Waals surface area contributed by atoms with Crippen LogP contribution in [0.25, 0.3) is 5.57 Å². The normalized spacial score (nSPS) is 24.1. The number of carbonyl (C=O) groups excluding carboxylic acids is 3. The summed E-state index contributed by atoms with van der Waals surface area (Å²) in [5.74, 6) is -1.74. The average Bonchev–Trinajstić information content (AvgIpc) is 3.45. The molecule has 3 aliphatic rings. The Hall–Kier alpha value is -4.48. The lowest BCUT2D eigenvalue weighted by Gasteiger charge is -2.39. The van der Waals surface area contributed by atoms with Crippen LogP contribution < -0.4 is 10.2 Å². The van der Waals surface area contributed by atoms with Gasteiger partial charge in [-0.1, -0.05) is 84.4 Å². The van der Waals surface area contributed by atoms with Gasteiger partial charge < -0.3 is 10.2 Å². The first-order valence-corrected chi connectivity index (χ1v) is 13.7. The van der Waals surface area contributed by atoms with E-state index in [0.717, 1.165) is 22.4 Å². The molecule has 0 aliphatic carbocycles. The highest BCUT2D eigenvalue weighted by Crippen LogP contribution is 2.58. The molecule has 7 rings (SSSR count). The number of halogens is 1. The van der Waals surface area contributed by atoms with Crippen molar-refractivity contribution in [1.29, 1.82) is 0 Å². The van der Waals surface area contributed by atoms with Crippen LogP contribution in [0.2, 0.25) is 5.02 Å². The van der Waals surface area contributed by atoms with Crippen molar-refractivity contribution < 1.29 is 14.4 Å². The molecular weight excluding hydrogens is 520 g/mol. The number of para-hydroxylation sites is 2. The summed E-state index contributed by atoms with van der Waals surface area (Å²) in [4.78, 5) is 45.7. The van der Waals surface area contributed by atoms with Gasteiger partial charge in [0.1, 0.15) is 11.5 Å². The van der Waals surface area contributed by atoms with Crippen molar-refractivity contribution >= 4 is 46.0 Å². The number of allylic oxidation sites excluding steroid dienone is 1. The molecule has 40 heavy (non-hydrogen) atoms. The molecule has 6 heteroatoms. The Balaban J connectivity index is 1.56. The van der Waals surface area contributed by atoms with E-state index in [2.05, 4.69) is 11.4 Å². The maximum Gasteiger partial charge on any atom is 0.238 e. The van der Waals surface area contributed by atoms with Crippen molar-refractivity contribution in [1.82, 2.24) is 0 Å². The van der Waals surface area contributed by atoms with Gasteiger partial charge in [-0.15, -0.1) is 0 Å². The number of carbonyl (C=O) groups is 3. The predicted molar refractivity (Wildman–Crippen MR) is 157 cm³/mol. The second kappa shape index (κ2) is 9.04. The van der Waals surface area contributed by atoms with Crippen molar-refractivity contribution in [3.63, 3.8) is 0 Å². The molecule has 0 radical (unpaired) electrons. The number of benzene rings is 4. The number of hydrogen-bond acceptors (Lipinski definition) is 4. The summed E-state index contributed by atoms with van der Waals surface area (Å²) in [5, 5.41) is 3.58. The van der Waals surface area contributed by atoms with Gasteiger partial charge in [0.2, 0.25) is 5.91 Å². The summed E-state index contributed by atoms with van der Waals surface area (Å²) < 4.78 is 0. The molecule has 3 aliphatic heterocycles. The van der Waals surface area contributed by atoms with E-state index < -0.39 is 23.4 Å². The van der Waals surface area contributed by atoms with E-state index in [-0.39, 0.29) is 17.5 Å². The van der Waals surface area contributed by atoms with Crippen LogP contribution in [-0.2, 0) is 10.2 Å². The van der Waals surface area contributed by atoms with E-state index >= 15 is 0 Å². The van der Waals surface area contributed by atoms with Crippen LogP contribution in [0.1, 0.15) is 38.8 Å². The molecule has 0 bridgehead atoms. The summed E-state index contributed by atoms with van der Waals surface area (Å²) >= 11 is 6.17. The fourth-order valence-electron chi connectivity index (χ4n) is 6.95. The molecular formula is C34H25ClN2O3. The van der Waals surface area contributed by atoms with E-state index in [9.17, 15) is 14.4 Å². The molecule has 0 unspecified atom stereocenters. The van der Waals surface area contributed by atoms with Crippen molar-refractivity contribution in [3.05, 3.63) is 136 Å².